The Morgan fingerprint density at radius 2 is 2.00 bits per heavy atom. The number of hydrogen-bond acceptors (Lipinski definition) is 7. The molecular formula is C25H21ClF2N8. The van der Waals surface area contributed by atoms with Crippen molar-refractivity contribution in [1.82, 2.24) is 19.5 Å². The number of aryl methyl sites for hydroxylation is 1. The predicted molar refractivity (Wildman–Crippen MR) is 133 cm³/mol. The highest BCUT2D eigenvalue weighted by atomic mass is 35.5. The van der Waals surface area contributed by atoms with Gasteiger partial charge in [0.05, 0.1) is 23.4 Å². The van der Waals surface area contributed by atoms with Crippen LogP contribution in [-0.2, 0) is 0 Å². The van der Waals surface area contributed by atoms with Gasteiger partial charge in [-0.3, -0.25) is 9.89 Å². The molecule has 3 aliphatic rings. The van der Waals surface area contributed by atoms with Gasteiger partial charge in [-0.2, -0.15) is 20.1 Å². The number of fused-ring (bicyclic) bond motifs is 1. The van der Waals surface area contributed by atoms with E-state index in [4.69, 9.17) is 16.9 Å². The van der Waals surface area contributed by atoms with Gasteiger partial charge < -0.3 is 4.90 Å². The third-order valence-electron chi connectivity index (χ3n) is 6.60. The summed E-state index contributed by atoms with van der Waals surface area (Å²) in [5, 5.41) is 23.3. The standard InChI is InChI=1S/C25H21ClF2N8/c1-3-31-21-7-17(26)5-4-16(21)6-19-14(2)32-24-20(9-30)22(23(27)28)33-36(24)25(19)35-12-18(13-35)34-10-15(8-29)11-34/h3-7,15,18,23H,1,10-13H2,2H3/b16-6+,31-21?. The van der Waals surface area contributed by atoms with E-state index < -0.39 is 12.1 Å². The number of anilines is 1. The molecule has 5 rings (SSSR count). The summed E-state index contributed by atoms with van der Waals surface area (Å²) in [6, 6.07) is 4.38. The second-order valence-corrected chi connectivity index (χ2v) is 9.28. The van der Waals surface area contributed by atoms with E-state index in [-0.39, 0.29) is 23.2 Å². The van der Waals surface area contributed by atoms with Crippen molar-refractivity contribution < 1.29 is 8.78 Å². The fourth-order valence-corrected chi connectivity index (χ4v) is 4.83. The third kappa shape index (κ3) is 3.98. The molecule has 36 heavy (non-hydrogen) atoms. The molecule has 0 spiro atoms. The molecule has 2 saturated heterocycles. The number of nitrogens with zero attached hydrogens (tertiary/aromatic N) is 8. The second-order valence-electron chi connectivity index (χ2n) is 8.84. The van der Waals surface area contributed by atoms with Crippen molar-refractivity contribution in [2.75, 3.05) is 31.1 Å². The molecule has 11 heteroatoms. The summed E-state index contributed by atoms with van der Waals surface area (Å²) < 4.78 is 28.9. The molecule has 0 aromatic carbocycles. The zero-order chi connectivity index (χ0) is 25.6. The Bertz CT molecular complexity index is 1460. The van der Waals surface area contributed by atoms with Gasteiger partial charge in [-0.1, -0.05) is 24.3 Å². The van der Waals surface area contributed by atoms with Crippen molar-refractivity contribution >= 4 is 34.9 Å². The summed E-state index contributed by atoms with van der Waals surface area (Å²) in [6.07, 6.45) is 5.64. The lowest BCUT2D eigenvalue weighted by Gasteiger charge is -2.51. The van der Waals surface area contributed by atoms with E-state index in [1.807, 2.05) is 23.1 Å². The third-order valence-corrected chi connectivity index (χ3v) is 6.84. The van der Waals surface area contributed by atoms with E-state index in [1.165, 1.54) is 10.7 Å². The van der Waals surface area contributed by atoms with E-state index in [0.717, 1.165) is 18.7 Å². The summed E-state index contributed by atoms with van der Waals surface area (Å²) in [7, 11) is 0. The lowest BCUT2D eigenvalue weighted by Crippen LogP contribution is -2.65. The van der Waals surface area contributed by atoms with Crippen LogP contribution in [-0.4, -0.2) is 57.4 Å². The van der Waals surface area contributed by atoms with Crippen molar-refractivity contribution in [2.24, 2.45) is 10.9 Å². The van der Waals surface area contributed by atoms with Gasteiger partial charge >= 0.3 is 0 Å². The Kier molecular flexibility index (Phi) is 6.17. The van der Waals surface area contributed by atoms with Gasteiger partial charge in [-0.15, -0.1) is 0 Å². The molecule has 2 aliphatic heterocycles. The number of aliphatic imine (C=N–C) groups is 1. The quantitative estimate of drug-likeness (QED) is 0.604. The summed E-state index contributed by atoms with van der Waals surface area (Å²) in [5.41, 5.74) is 1.85. The highest BCUT2D eigenvalue weighted by Crippen LogP contribution is 2.36. The van der Waals surface area contributed by atoms with Gasteiger partial charge in [-0.25, -0.2) is 13.8 Å². The minimum atomic E-state index is -2.91. The van der Waals surface area contributed by atoms with E-state index >= 15 is 0 Å². The maximum absolute atomic E-state index is 13.8. The van der Waals surface area contributed by atoms with Crippen LogP contribution in [0.4, 0.5) is 14.6 Å². The monoisotopic (exact) mass is 506 g/mol. The first-order valence-electron chi connectivity index (χ1n) is 11.3. The molecule has 2 fully saturated rings. The topological polar surface area (TPSA) is 96.6 Å². The average Bonchev–Trinajstić information content (AvgIpc) is 3.15. The molecule has 2 aromatic heterocycles. The normalized spacial score (nSPS) is 21.0. The molecule has 182 valence electrons. The molecule has 0 atom stereocenters. The highest BCUT2D eigenvalue weighted by molar-refractivity contribution is 6.35. The lowest BCUT2D eigenvalue weighted by molar-refractivity contribution is 0.0640. The summed E-state index contributed by atoms with van der Waals surface area (Å²) in [4.78, 5) is 13.1. The van der Waals surface area contributed by atoms with Crippen molar-refractivity contribution in [2.45, 2.75) is 19.4 Å². The maximum atomic E-state index is 13.8. The number of rotatable bonds is 5. The maximum Gasteiger partial charge on any atom is 0.283 e. The minimum Gasteiger partial charge on any atom is -0.353 e. The fraction of sp³-hybridized carbons (Fsp3) is 0.320. The summed E-state index contributed by atoms with van der Waals surface area (Å²) in [6.45, 7) is 8.16. The van der Waals surface area contributed by atoms with E-state index in [9.17, 15) is 14.0 Å². The fourth-order valence-electron chi connectivity index (χ4n) is 4.66. The lowest BCUT2D eigenvalue weighted by atomic mass is 9.95. The number of alkyl halides is 2. The van der Waals surface area contributed by atoms with Gasteiger partial charge in [0.1, 0.15) is 23.1 Å². The van der Waals surface area contributed by atoms with Crippen LogP contribution < -0.4 is 4.90 Å². The largest absolute Gasteiger partial charge is 0.353 e. The molecule has 0 N–H and O–H groups in total. The van der Waals surface area contributed by atoms with Crippen LogP contribution in [0.5, 0.6) is 0 Å². The van der Waals surface area contributed by atoms with Crippen molar-refractivity contribution in [3.05, 3.63) is 64.1 Å². The Labute approximate surface area is 211 Å². The van der Waals surface area contributed by atoms with Crippen molar-refractivity contribution in [1.29, 1.82) is 10.5 Å². The van der Waals surface area contributed by atoms with Crippen molar-refractivity contribution in [3.8, 4) is 12.1 Å². The van der Waals surface area contributed by atoms with Gasteiger partial charge in [0.15, 0.2) is 5.65 Å². The zero-order valence-electron chi connectivity index (χ0n) is 19.4. The van der Waals surface area contributed by atoms with Crippen LogP contribution in [0.1, 0.15) is 28.9 Å². The number of allylic oxidation sites excluding steroid dienone is 5. The van der Waals surface area contributed by atoms with Crippen molar-refractivity contribution in [3.63, 3.8) is 0 Å². The number of likely N-dealkylation sites (tertiary alicyclic amines) is 1. The van der Waals surface area contributed by atoms with Crippen LogP contribution in [0, 0.1) is 35.5 Å². The molecule has 2 aromatic rings. The molecule has 0 radical (unpaired) electrons. The molecular weight excluding hydrogens is 486 g/mol. The number of halogens is 3. The molecule has 0 unspecified atom stereocenters. The first-order chi connectivity index (χ1) is 17.3. The summed E-state index contributed by atoms with van der Waals surface area (Å²) >= 11 is 6.16. The molecule has 1 aliphatic carbocycles. The van der Waals surface area contributed by atoms with Gasteiger partial charge in [0, 0.05) is 54.6 Å². The predicted octanol–water partition coefficient (Wildman–Crippen LogP) is 4.15. The Balaban J connectivity index is 1.63. The van der Waals surface area contributed by atoms with E-state index in [1.54, 1.807) is 19.1 Å². The number of hydrogen-bond donors (Lipinski definition) is 0. The van der Waals surface area contributed by atoms with Crippen LogP contribution in [0.2, 0.25) is 0 Å². The smallest absolute Gasteiger partial charge is 0.283 e. The Hall–Kier alpha value is -3.86. The van der Waals surface area contributed by atoms with Crippen LogP contribution >= 0.6 is 11.6 Å². The SMILES string of the molecule is C=CN=C1C=C(Cl)C=C/C1=C\c1c(C)nc2c(C#N)c(C(F)F)nn2c1N1CC(N2CC(C#N)C2)C1. The van der Waals surface area contributed by atoms with Crippen LogP contribution in [0.3, 0.4) is 0 Å². The van der Waals surface area contributed by atoms with Crippen LogP contribution in [0.15, 0.2) is 46.6 Å². The second kappa shape index (κ2) is 9.30. The van der Waals surface area contributed by atoms with E-state index in [0.29, 0.717) is 40.9 Å². The molecule has 8 nitrogen and oxygen atoms in total. The Morgan fingerprint density at radius 3 is 2.64 bits per heavy atom. The first kappa shape index (κ1) is 23.9. The number of nitriles is 2. The average molecular weight is 507 g/mol. The molecule has 0 bridgehead atoms. The van der Waals surface area contributed by atoms with E-state index in [2.05, 4.69) is 32.6 Å². The van der Waals surface area contributed by atoms with Gasteiger partial charge in [0.2, 0.25) is 0 Å². The minimum absolute atomic E-state index is 0.0488. The zero-order valence-corrected chi connectivity index (χ0v) is 20.1. The molecule has 0 amide bonds. The van der Waals surface area contributed by atoms with Gasteiger partial charge in [-0.05, 0) is 25.2 Å². The first-order valence-corrected chi connectivity index (χ1v) is 11.7. The molecule has 0 saturated carbocycles. The Morgan fingerprint density at radius 1 is 1.25 bits per heavy atom. The number of aromatic nitrogens is 3. The van der Waals surface area contributed by atoms with Gasteiger partial charge in [0.25, 0.3) is 6.43 Å². The molecule has 4 heterocycles. The highest BCUT2D eigenvalue weighted by Gasteiger charge is 2.41. The van der Waals surface area contributed by atoms with Crippen LogP contribution in [0.25, 0.3) is 11.7 Å². The summed E-state index contributed by atoms with van der Waals surface area (Å²) in [5.74, 6) is 0.627.